The molecule has 0 aliphatic carbocycles. The van der Waals surface area contributed by atoms with Crippen molar-refractivity contribution >= 4 is 5.91 Å². The van der Waals surface area contributed by atoms with E-state index in [1.807, 2.05) is 17.9 Å². The van der Waals surface area contributed by atoms with Crippen LogP contribution in [0.2, 0.25) is 0 Å². The third-order valence-corrected chi connectivity index (χ3v) is 3.69. The second-order valence-corrected chi connectivity index (χ2v) is 5.12. The van der Waals surface area contributed by atoms with E-state index >= 15 is 0 Å². The first-order chi connectivity index (χ1) is 8.61. The van der Waals surface area contributed by atoms with Crippen LogP contribution in [0.3, 0.4) is 0 Å². The van der Waals surface area contributed by atoms with Crippen LogP contribution < -0.4 is 5.73 Å². The Morgan fingerprint density at radius 2 is 2.44 bits per heavy atom. The lowest BCUT2D eigenvalue weighted by Crippen LogP contribution is -2.51. The van der Waals surface area contributed by atoms with Crippen LogP contribution in [-0.4, -0.2) is 35.1 Å². The van der Waals surface area contributed by atoms with E-state index < -0.39 is 0 Å². The lowest BCUT2D eigenvalue weighted by molar-refractivity contribution is -0.135. The van der Waals surface area contributed by atoms with Gasteiger partial charge in [-0.25, -0.2) is 0 Å². The molecule has 1 aromatic rings. The van der Waals surface area contributed by atoms with E-state index in [-0.39, 0.29) is 11.9 Å². The quantitative estimate of drug-likeness (QED) is 0.873. The molecule has 5 heteroatoms. The van der Waals surface area contributed by atoms with Crippen LogP contribution in [0, 0.1) is 12.8 Å². The topological polar surface area (TPSA) is 72.4 Å². The van der Waals surface area contributed by atoms with E-state index in [9.17, 15) is 4.79 Å². The van der Waals surface area contributed by atoms with Gasteiger partial charge in [0, 0.05) is 25.2 Å². The fraction of sp³-hybridized carbons (Fsp3) is 0.692. The molecule has 0 aromatic carbocycles. The highest BCUT2D eigenvalue weighted by Crippen LogP contribution is 2.23. The molecular weight excluding hydrogens is 230 g/mol. The number of carbonyl (C=O) groups is 1. The number of nitrogens with two attached hydrogens (primary N) is 1. The Balaban J connectivity index is 2.03. The van der Waals surface area contributed by atoms with Crippen LogP contribution in [0.25, 0.3) is 0 Å². The van der Waals surface area contributed by atoms with E-state index in [4.69, 9.17) is 10.3 Å². The summed E-state index contributed by atoms with van der Waals surface area (Å²) in [6.45, 7) is 5.33. The summed E-state index contributed by atoms with van der Waals surface area (Å²) >= 11 is 0. The van der Waals surface area contributed by atoms with Crippen LogP contribution in [0.5, 0.6) is 0 Å². The van der Waals surface area contributed by atoms with E-state index in [1.54, 1.807) is 0 Å². The second kappa shape index (κ2) is 5.52. The van der Waals surface area contributed by atoms with E-state index in [0.29, 0.717) is 24.6 Å². The predicted molar refractivity (Wildman–Crippen MR) is 67.9 cm³/mol. The molecule has 18 heavy (non-hydrogen) atoms. The molecule has 1 amide bonds. The van der Waals surface area contributed by atoms with Gasteiger partial charge in [0.25, 0.3) is 0 Å². The van der Waals surface area contributed by atoms with Gasteiger partial charge in [-0.15, -0.1) is 0 Å². The minimum absolute atomic E-state index is 0.102. The van der Waals surface area contributed by atoms with Crippen LogP contribution in [0.1, 0.15) is 31.2 Å². The van der Waals surface area contributed by atoms with Gasteiger partial charge >= 0.3 is 0 Å². The number of rotatable bonds is 3. The predicted octanol–water partition coefficient (Wildman–Crippen LogP) is 1.11. The zero-order chi connectivity index (χ0) is 13.1. The first-order valence-electron chi connectivity index (χ1n) is 6.53. The molecule has 1 saturated heterocycles. The first-order valence-corrected chi connectivity index (χ1v) is 6.53. The van der Waals surface area contributed by atoms with Gasteiger partial charge in [-0.1, -0.05) is 12.1 Å². The molecule has 2 atom stereocenters. The zero-order valence-corrected chi connectivity index (χ0v) is 11.1. The Hall–Kier alpha value is -1.36. The SMILES string of the molecule is Cc1cc(CC(=O)N2CCC[C@@H](C)[C@H]2CN)no1. The normalized spacial score (nSPS) is 24.3. The molecule has 100 valence electrons. The van der Waals surface area contributed by atoms with E-state index in [1.165, 1.54) is 0 Å². The number of aryl methyl sites for hydroxylation is 1. The molecule has 0 bridgehead atoms. The zero-order valence-electron chi connectivity index (χ0n) is 11.1. The van der Waals surface area contributed by atoms with Crippen molar-refractivity contribution in [3.63, 3.8) is 0 Å². The Kier molecular flexibility index (Phi) is 4.01. The van der Waals surface area contributed by atoms with Crippen LogP contribution >= 0.6 is 0 Å². The van der Waals surface area contributed by atoms with Crippen molar-refractivity contribution in [1.82, 2.24) is 10.1 Å². The third kappa shape index (κ3) is 2.72. The standard InChI is InChI=1S/C13H21N3O2/c1-9-4-3-5-16(12(9)8-14)13(17)7-11-6-10(2)18-15-11/h6,9,12H,3-5,7-8,14H2,1-2H3/t9-,12-/m1/s1. The maximum atomic E-state index is 12.3. The van der Waals surface area contributed by atoms with E-state index in [2.05, 4.69) is 12.1 Å². The van der Waals surface area contributed by atoms with Gasteiger partial charge < -0.3 is 15.2 Å². The number of hydrogen-bond donors (Lipinski definition) is 1. The number of likely N-dealkylation sites (tertiary alicyclic amines) is 1. The molecule has 0 radical (unpaired) electrons. The number of carbonyl (C=O) groups excluding carboxylic acids is 1. The Labute approximate surface area is 107 Å². The van der Waals surface area contributed by atoms with Crippen LogP contribution in [0.15, 0.2) is 10.6 Å². The molecule has 0 saturated carbocycles. The molecule has 1 aliphatic rings. The third-order valence-electron chi connectivity index (χ3n) is 3.69. The lowest BCUT2D eigenvalue weighted by Gasteiger charge is -2.39. The molecule has 2 rings (SSSR count). The minimum Gasteiger partial charge on any atom is -0.361 e. The molecule has 1 aromatic heterocycles. The summed E-state index contributed by atoms with van der Waals surface area (Å²) in [7, 11) is 0. The number of aromatic nitrogens is 1. The maximum Gasteiger partial charge on any atom is 0.229 e. The number of piperidine rings is 1. The van der Waals surface area contributed by atoms with Gasteiger partial charge in [-0.2, -0.15) is 0 Å². The average molecular weight is 251 g/mol. The fourth-order valence-corrected chi connectivity index (χ4v) is 2.68. The van der Waals surface area contributed by atoms with Gasteiger partial charge in [-0.05, 0) is 25.7 Å². The molecule has 0 unspecified atom stereocenters. The summed E-state index contributed by atoms with van der Waals surface area (Å²) < 4.78 is 4.98. The van der Waals surface area contributed by atoms with Gasteiger partial charge in [0.2, 0.25) is 5.91 Å². The van der Waals surface area contributed by atoms with Crippen molar-refractivity contribution in [2.24, 2.45) is 11.7 Å². The molecule has 1 aliphatic heterocycles. The Morgan fingerprint density at radius 1 is 1.67 bits per heavy atom. The van der Waals surface area contributed by atoms with Crippen molar-refractivity contribution in [3.8, 4) is 0 Å². The molecule has 2 heterocycles. The summed E-state index contributed by atoms with van der Waals surface area (Å²) in [4.78, 5) is 14.2. The first kappa shape index (κ1) is 13.1. The van der Waals surface area contributed by atoms with Crippen molar-refractivity contribution < 1.29 is 9.32 Å². The van der Waals surface area contributed by atoms with Gasteiger partial charge in [0.05, 0.1) is 12.1 Å². The summed E-state index contributed by atoms with van der Waals surface area (Å²) in [5.74, 6) is 1.32. The summed E-state index contributed by atoms with van der Waals surface area (Å²) in [6, 6.07) is 1.97. The Bertz CT molecular complexity index is 416. The number of hydrogen-bond acceptors (Lipinski definition) is 4. The Morgan fingerprint density at radius 3 is 3.06 bits per heavy atom. The van der Waals surface area contributed by atoms with Crippen molar-refractivity contribution in [1.29, 1.82) is 0 Å². The van der Waals surface area contributed by atoms with E-state index in [0.717, 1.165) is 25.1 Å². The smallest absolute Gasteiger partial charge is 0.229 e. The second-order valence-electron chi connectivity index (χ2n) is 5.12. The van der Waals surface area contributed by atoms with Crippen molar-refractivity contribution in [2.75, 3.05) is 13.1 Å². The van der Waals surface area contributed by atoms with Gasteiger partial charge in [0.1, 0.15) is 5.76 Å². The summed E-state index contributed by atoms with van der Waals surface area (Å²) in [5.41, 5.74) is 6.49. The highest BCUT2D eigenvalue weighted by molar-refractivity contribution is 5.78. The van der Waals surface area contributed by atoms with Crippen molar-refractivity contribution in [3.05, 3.63) is 17.5 Å². The fourth-order valence-electron chi connectivity index (χ4n) is 2.68. The van der Waals surface area contributed by atoms with Crippen LogP contribution in [0.4, 0.5) is 0 Å². The molecular formula is C13H21N3O2. The minimum atomic E-state index is 0.102. The van der Waals surface area contributed by atoms with Gasteiger partial charge in [0.15, 0.2) is 0 Å². The average Bonchev–Trinajstić information content (AvgIpc) is 2.74. The number of amides is 1. The highest BCUT2D eigenvalue weighted by atomic mass is 16.5. The number of nitrogens with zero attached hydrogens (tertiary/aromatic N) is 2. The van der Waals surface area contributed by atoms with Gasteiger partial charge in [-0.3, -0.25) is 4.79 Å². The monoisotopic (exact) mass is 251 g/mol. The summed E-state index contributed by atoms with van der Waals surface area (Å²) in [5, 5.41) is 3.87. The molecule has 5 nitrogen and oxygen atoms in total. The molecule has 1 fully saturated rings. The van der Waals surface area contributed by atoms with Crippen molar-refractivity contribution in [2.45, 2.75) is 39.2 Å². The molecule has 0 spiro atoms. The summed E-state index contributed by atoms with van der Waals surface area (Å²) in [6.07, 6.45) is 2.51. The largest absolute Gasteiger partial charge is 0.361 e. The maximum absolute atomic E-state index is 12.3. The highest BCUT2D eigenvalue weighted by Gasteiger charge is 2.30. The lowest BCUT2D eigenvalue weighted by atomic mass is 9.90. The van der Waals surface area contributed by atoms with Crippen LogP contribution in [-0.2, 0) is 11.2 Å². The molecule has 2 N–H and O–H groups in total.